The van der Waals surface area contributed by atoms with Crippen molar-refractivity contribution in [3.63, 3.8) is 0 Å². The van der Waals surface area contributed by atoms with Gasteiger partial charge in [0.1, 0.15) is 0 Å². The lowest BCUT2D eigenvalue weighted by Gasteiger charge is -2.02. The van der Waals surface area contributed by atoms with Gasteiger partial charge in [-0.3, -0.25) is 16.0 Å². The molecule has 14 heavy (non-hydrogen) atoms. The first-order chi connectivity index (χ1) is 5.65. The van der Waals surface area contributed by atoms with Crippen molar-refractivity contribution in [2.24, 2.45) is 5.84 Å². The van der Waals surface area contributed by atoms with Crippen LogP contribution in [0.15, 0.2) is 18.2 Å². The number of nitro benzene ring substituents is 1. The molecule has 0 aliphatic carbocycles. The van der Waals surface area contributed by atoms with Crippen LogP contribution in [0.4, 0.5) is 11.4 Å². The maximum absolute atomic E-state index is 10.3. The zero-order valence-electron chi connectivity index (χ0n) is 7.39. The molecule has 1 aromatic carbocycles. The van der Waals surface area contributed by atoms with Crippen LogP contribution in [0.3, 0.4) is 0 Å². The van der Waals surface area contributed by atoms with Gasteiger partial charge in [0, 0.05) is 12.1 Å². The first-order valence-electron chi connectivity index (χ1n) is 3.37. The average Bonchev–Trinajstić information content (AvgIpc) is 2.05. The number of nitrogens with zero attached hydrogens (tertiary/aromatic N) is 1. The Kier molecular flexibility index (Phi) is 7.08. The highest BCUT2D eigenvalue weighted by Crippen LogP contribution is 2.20. The van der Waals surface area contributed by atoms with E-state index in [0.29, 0.717) is 5.69 Å². The van der Waals surface area contributed by atoms with E-state index in [0.717, 1.165) is 5.56 Å². The number of nitrogens with one attached hydrogen (secondary N) is 1. The molecule has 0 amide bonds. The van der Waals surface area contributed by atoms with E-state index in [9.17, 15) is 10.1 Å². The summed E-state index contributed by atoms with van der Waals surface area (Å²) < 4.78 is 0. The van der Waals surface area contributed by atoms with E-state index in [1.54, 1.807) is 6.07 Å². The van der Waals surface area contributed by atoms with Crippen LogP contribution in [0.25, 0.3) is 0 Å². The molecule has 1 rings (SSSR count). The normalized spacial score (nSPS) is 8.14. The summed E-state index contributed by atoms with van der Waals surface area (Å²) in [6.07, 6.45) is 0. The number of hydrogen-bond donors (Lipinski definition) is 2. The maximum Gasteiger partial charge on any atom is 0.271 e. The number of nitro groups is 1. The van der Waals surface area contributed by atoms with E-state index in [1.807, 2.05) is 6.92 Å². The molecule has 7 heteroatoms. The molecule has 0 unspecified atom stereocenters. The van der Waals surface area contributed by atoms with Crippen molar-refractivity contribution < 1.29 is 4.92 Å². The van der Waals surface area contributed by atoms with E-state index in [-0.39, 0.29) is 30.5 Å². The SMILES string of the molecule is Cc1ccc([N+](=O)[O-])cc1NN.Cl.Cl. The van der Waals surface area contributed by atoms with Gasteiger partial charge in [0.05, 0.1) is 10.6 Å². The summed E-state index contributed by atoms with van der Waals surface area (Å²) >= 11 is 0. The van der Waals surface area contributed by atoms with Crippen molar-refractivity contribution >= 4 is 36.2 Å². The van der Waals surface area contributed by atoms with Crippen LogP contribution in [-0.2, 0) is 0 Å². The highest BCUT2D eigenvalue weighted by molar-refractivity contribution is 5.85. The van der Waals surface area contributed by atoms with Crippen molar-refractivity contribution in [3.8, 4) is 0 Å². The second kappa shape index (κ2) is 6.42. The standard InChI is InChI=1S/C7H9N3O2.2ClH/c1-5-2-3-6(10(11)12)4-7(5)9-8;;/h2-4,9H,8H2,1H3;2*1H. The van der Waals surface area contributed by atoms with E-state index in [4.69, 9.17) is 5.84 Å². The summed E-state index contributed by atoms with van der Waals surface area (Å²) in [7, 11) is 0. The maximum atomic E-state index is 10.3. The summed E-state index contributed by atoms with van der Waals surface area (Å²) in [5.74, 6) is 5.15. The molecule has 0 atom stereocenters. The van der Waals surface area contributed by atoms with Crippen molar-refractivity contribution in [1.82, 2.24) is 0 Å². The molecule has 0 spiro atoms. The first kappa shape index (κ1) is 15.4. The minimum absolute atomic E-state index is 0. The van der Waals surface area contributed by atoms with Gasteiger partial charge in [-0.1, -0.05) is 6.07 Å². The van der Waals surface area contributed by atoms with E-state index in [1.165, 1.54) is 12.1 Å². The summed E-state index contributed by atoms with van der Waals surface area (Å²) in [6, 6.07) is 4.48. The second-order valence-electron chi connectivity index (χ2n) is 2.40. The van der Waals surface area contributed by atoms with Gasteiger partial charge in [0.25, 0.3) is 5.69 Å². The predicted octanol–water partition coefficient (Wildman–Crippen LogP) is 2.03. The van der Waals surface area contributed by atoms with Gasteiger partial charge >= 0.3 is 0 Å². The third-order valence-corrected chi connectivity index (χ3v) is 1.59. The number of nitrogen functional groups attached to an aromatic ring is 1. The largest absolute Gasteiger partial charge is 0.324 e. The van der Waals surface area contributed by atoms with E-state index in [2.05, 4.69) is 5.43 Å². The van der Waals surface area contributed by atoms with Crippen molar-refractivity contribution in [2.75, 3.05) is 5.43 Å². The van der Waals surface area contributed by atoms with E-state index >= 15 is 0 Å². The summed E-state index contributed by atoms with van der Waals surface area (Å²) in [6.45, 7) is 1.82. The molecule has 0 aromatic heterocycles. The monoisotopic (exact) mass is 239 g/mol. The number of hydrazine groups is 1. The molecule has 5 nitrogen and oxygen atoms in total. The molecule has 1 aromatic rings. The number of rotatable bonds is 2. The molecular formula is C7H11Cl2N3O2. The van der Waals surface area contributed by atoms with Crippen LogP contribution in [0.2, 0.25) is 0 Å². The Hall–Kier alpha value is -1.04. The van der Waals surface area contributed by atoms with Crippen molar-refractivity contribution in [2.45, 2.75) is 6.92 Å². The third-order valence-electron chi connectivity index (χ3n) is 1.59. The van der Waals surface area contributed by atoms with Gasteiger partial charge < -0.3 is 5.43 Å². The molecule has 3 N–H and O–H groups in total. The number of non-ortho nitro benzene ring substituents is 1. The quantitative estimate of drug-likeness (QED) is 0.470. The molecule has 0 aliphatic rings. The lowest BCUT2D eigenvalue weighted by atomic mass is 10.2. The smallest absolute Gasteiger partial charge is 0.271 e. The summed E-state index contributed by atoms with van der Waals surface area (Å²) in [4.78, 5) is 9.86. The van der Waals surface area contributed by atoms with Crippen LogP contribution >= 0.6 is 24.8 Å². The van der Waals surface area contributed by atoms with E-state index < -0.39 is 4.92 Å². The highest BCUT2D eigenvalue weighted by atomic mass is 35.5. The number of nitrogens with two attached hydrogens (primary N) is 1. The minimum atomic E-state index is -0.458. The summed E-state index contributed by atoms with van der Waals surface area (Å²) in [5.41, 5.74) is 3.87. The lowest BCUT2D eigenvalue weighted by molar-refractivity contribution is -0.384. The zero-order chi connectivity index (χ0) is 9.14. The number of anilines is 1. The Morgan fingerprint density at radius 1 is 1.43 bits per heavy atom. The molecular weight excluding hydrogens is 229 g/mol. The fourth-order valence-corrected chi connectivity index (χ4v) is 0.879. The molecule has 0 radical (unpaired) electrons. The topological polar surface area (TPSA) is 81.2 Å². The zero-order valence-corrected chi connectivity index (χ0v) is 9.02. The van der Waals surface area contributed by atoms with Gasteiger partial charge in [-0.05, 0) is 12.5 Å². The molecule has 0 saturated carbocycles. The molecule has 80 valence electrons. The van der Waals surface area contributed by atoms with Gasteiger partial charge in [-0.2, -0.15) is 0 Å². The number of halogens is 2. The Labute approximate surface area is 93.6 Å². The Balaban J connectivity index is 0. The van der Waals surface area contributed by atoms with Crippen LogP contribution in [0.5, 0.6) is 0 Å². The fraction of sp³-hybridized carbons (Fsp3) is 0.143. The molecule has 0 fully saturated rings. The van der Waals surface area contributed by atoms with Crippen LogP contribution in [0.1, 0.15) is 5.56 Å². The number of hydrogen-bond acceptors (Lipinski definition) is 4. The minimum Gasteiger partial charge on any atom is -0.324 e. The number of aryl methyl sites for hydroxylation is 1. The Morgan fingerprint density at radius 2 is 2.00 bits per heavy atom. The first-order valence-corrected chi connectivity index (χ1v) is 3.37. The molecule has 0 aliphatic heterocycles. The average molecular weight is 240 g/mol. The lowest BCUT2D eigenvalue weighted by Crippen LogP contribution is -2.08. The van der Waals surface area contributed by atoms with Gasteiger partial charge in [0.2, 0.25) is 0 Å². The van der Waals surface area contributed by atoms with Crippen LogP contribution in [-0.4, -0.2) is 4.92 Å². The van der Waals surface area contributed by atoms with Crippen LogP contribution in [0, 0.1) is 17.0 Å². The van der Waals surface area contributed by atoms with Crippen molar-refractivity contribution in [3.05, 3.63) is 33.9 Å². The summed E-state index contributed by atoms with van der Waals surface area (Å²) in [5, 5.41) is 10.3. The molecule has 0 saturated heterocycles. The Bertz CT molecular complexity index is 320. The number of benzene rings is 1. The predicted molar refractivity (Wildman–Crippen MR) is 60.1 cm³/mol. The van der Waals surface area contributed by atoms with Gasteiger partial charge in [-0.25, -0.2) is 0 Å². The second-order valence-corrected chi connectivity index (χ2v) is 2.40. The molecule has 0 bridgehead atoms. The fourth-order valence-electron chi connectivity index (χ4n) is 0.879. The van der Waals surface area contributed by atoms with Crippen LogP contribution < -0.4 is 11.3 Å². The highest BCUT2D eigenvalue weighted by Gasteiger charge is 2.06. The van der Waals surface area contributed by atoms with Gasteiger partial charge in [0.15, 0.2) is 0 Å². The third kappa shape index (κ3) is 3.37. The molecule has 0 heterocycles. The Morgan fingerprint density at radius 3 is 2.43 bits per heavy atom. The van der Waals surface area contributed by atoms with Crippen molar-refractivity contribution in [1.29, 1.82) is 0 Å². The van der Waals surface area contributed by atoms with Gasteiger partial charge in [-0.15, -0.1) is 24.8 Å².